The van der Waals surface area contributed by atoms with E-state index in [0.29, 0.717) is 0 Å². The Labute approximate surface area is 256 Å². The summed E-state index contributed by atoms with van der Waals surface area (Å²) in [4.78, 5) is 48.0. The molecule has 0 aliphatic carbocycles. The molecular formula is C30H55NO12. The van der Waals surface area contributed by atoms with Crippen molar-refractivity contribution in [3.8, 4) is 0 Å². The molecule has 43 heavy (non-hydrogen) atoms. The van der Waals surface area contributed by atoms with Gasteiger partial charge < -0.3 is 44.0 Å². The number of aliphatic hydroxyl groups is 1. The molecule has 1 atom stereocenters. The highest BCUT2D eigenvalue weighted by molar-refractivity contribution is 5.77. The van der Waals surface area contributed by atoms with Gasteiger partial charge in [0.05, 0.1) is 58.1 Å². The molecule has 3 N–H and O–H groups in total. The van der Waals surface area contributed by atoms with Crippen molar-refractivity contribution in [3.05, 3.63) is 0 Å². The first-order chi connectivity index (χ1) is 19.6. The van der Waals surface area contributed by atoms with Crippen LogP contribution in [0.1, 0.15) is 101 Å². The lowest BCUT2D eigenvalue weighted by Gasteiger charge is -2.34. The maximum absolute atomic E-state index is 12.9. The smallest absolute Gasteiger partial charge is 0.308 e. The van der Waals surface area contributed by atoms with Crippen LogP contribution < -0.4 is 5.32 Å². The van der Waals surface area contributed by atoms with Crippen LogP contribution in [0.15, 0.2) is 0 Å². The summed E-state index contributed by atoms with van der Waals surface area (Å²) in [6.07, 6.45) is -1.11. The van der Waals surface area contributed by atoms with Crippen LogP contribution in [-0.2, 0) is 47.6 Å². The third kappa shape index (κ3) is 24.8. The average Bonchev–Trinajstić information content (AvgIpc) is 2.79. The first-order valence-corrected chi connectivity index (χ1v) is 14.7. The standard InChI is InChI=1S/C30H55NO12/c1-27(2,3)41-24(35)13-16-38-19-30(31-22(32)11-10-12-23(33)34,20-39-17-14-25(36)42-28(4,5)6)21-40-18-15-26(37)43-29(7,8)9/h24,35H,10-21H2,1-9H3,(H,31,32)(H,33,34). The highest BCUT2D eigenvalue weighted by Gasteiger charge is 2.34. The lowest BCUT2D eigenvalue weighted by molar-refractivity contribution is -0.175. The van der Waals surface area contributed by atoms with Gasteiger partial charge in [0.1, 0.15) is 16.7 Å². The molecule has 0 aromatic rings. The van der Waals surface area contributed by atoms with Gasteiger partial charge in [-0.1, -0.05) is 0 Å². The minimum absolute atomic E-state index is 0.0123. The summed E-state index contributed by atoms with van der Waals surface area (Å²) in [5, 5.41) is 21.9. The van der Waals surface area contributed by atoms with Crippen LogP contribution in [0.3, 0.4) is 0 Å². The van der Waals surface area contributed by atoms with Crippen LogP contribution in [0.25, 0.3) is 0 Å². The average molecular weight is 622 g/mol. The van der Waals surface area contributed by atoms with Crippen LogP contribution >= 0.6 is 0 Å². The van der Waals surface area contributed by atoms with E-state index in [4.69, 9.17) is 33.5 Å². The molecule has 0 saturated heterocycles. The van der Waals surface area contributed by atoms with Gasteiger partial charge in [-0.15, -0.1) is 0 Å². The largest absolute Gasteiger partial charge is 0.481 e. The van der Waals surface area contributed by atoms with Crippen molar-refractivity contribution in [1.29, 1.82) is 0 Å². The fourth-order valence-electron chi connectivity index (χ4n) is 3.54. The number of amides is 1. The molecule has 0 bridgehead atoms. The molecule has 1 amide bonds. The van der Waals surface area contributed by atoms with Gasteiger partial charge in [0, 0.05) is 19.3 Å². The summed E-state index contributed by atoms with van der Waals surface area (Å²) < 4.78 is 33.5. The molecule has 0 aliphatic heterocycles. The summed E-state index contributed by atoms with van der Waals surface area (Å²) in [5.41, 5.74) is -3.13. The predicted octanol–water partition coefficient (Wildman–Crippen LogP) is 3.13. The van der Waals surface area contributed by atoms with Crippen LogP contribution in [0.4, 0.5) is 0 Å². The number of nitrogens with one attached hydrogen (secondary N) is 1. The van der Waals surface area contributed by atoms with Gasteiger partial charge in [0.25, 0.3) is 0 Å². The number of hydrogen-bond donors (Lipinski definition) is 3. The monoisotopic (exact) mass is 621 g/mol. The molecule has 0 aromatic heterocycles. The number of hydrogen-bond acceptors (Lipinski definition) is 11. The van der Waals surface area contributed by atoms with E-state index < -0.39 is 52.4 Å². The number of esters is 2. The summed E-state index contributed by atoms with van der Waals surface area (Å²) in [7, 11) is 0. The molecule has 13 heteroatoms. The van der Waals surface area contributed by atoms with E-state index in [9.17, 15) is 24.3 Å². The quantitative estimate of drug-likeness (QED) is 0.0971. The lowest BCUT2D eigenvalue weighted by Crippen LogP contribution is -2.58. The predicted molar refractivity (Wildman–Crippen MR) is 157 cm³/mol. The Morgan fingerprint density at radius 3 is 1.49 bits per heavy atom. The van der Waals surface area contributed by atoms with E-state index >= 15 is 0 Å². The van der Waals surface area contributed by atoms with Gasteiger partial charge in [-0.2, -0.15) is 0 Å². The Hall–Kier alpha value is -2.32. The van der Waals surface area contributed by atoms with Gasteiger partial charge in [0.2, 0.25) is 5.91 Å². The number of aliphatic carboxylic acids is 1. The van der Waals surface area contributed by atoms with Gasteiger partial charge in [0.15, 0.2) is 6.29 Å². The van der Waals surface area contributed by atoms with Crippen LogP contribution in [0, 0.1) is 0 Å². The van der Waals surface area contributed by atoms with Crippen LogP contribution in [0.2, 0.25) is 0 Å². The van der Waals surface area contributed by atoms with Gasteiger partial charge >= 0.3 is 17.9 Å². The first-order valence-electron chi connectivity index (χ1n) is 14.7. The molecule has 1 unspecified atom stereocenters. The number of carbonyl (C=O) groups is 4. The summed E-state index contributed by atoms with van der Waals surface area (Å²) in [6, 6.07) is 0. The number of aliphatic hydroxyl groups excluding tert-OH is 1. The minimum Gasteiger partial charge on any atom is -0.481 e. The van der Waals surface area contributed by atoms with Gasteiger partial charge in [-0.25, -0.2) is 0 Å². The van der Waals surface area contributed by atoms with Crippen molar-refractivity contribution < 1.29 is 57.8 Å². The second kappa shape index (κ2) is 19.1. The number of carboxylic acid groups (broad SMARTS) is 1. The Balaban J connectivity index is 5.57. The summed E-state index contributed by atoms with van der Waals surface area (Å²) in [6.45, 7) is 15.6. The summed E-state index contributed by atoms with van der Waals surface area (Å²) >= 11 is 0. The molecular weight excluding hydrogens is 566 g/mol. The number of ether oxygens (including phenoxy) is 6. The van der Waals surface area contributed by atoms with Crippen molar-refractivity contribution in [1.82, 2.24) is 5.32 Å². The molecule has 0 aliphatic rings. The highest BCUT2D eigenvalue weighted by Crippen LogP contribution is 2.15. The molecule has 0 radical (unpaired) electrons. The third-order valence-corrected chi connectivity index (χ3v) is 5.07. The maximum Gasteiger partial charge on any atom is 0.308 e. The Bertz CT molecular complexity index is 819. The van der Waals surface area contributed by atoms with E-state index in [1.165, 1.54) is 0 Å². The molecule has 0 saturated carbocycles. The zero-order valence-corrected chi connectivity index (χ0v) is 27.5. The summed E-state index contributed by atoms with van der Waals surface area (Å²) in [5.74, 6) is -2.37. The molecule has 0 spiro atoms. The molecule has 252 valence electrons. The maximum atomic E-state index is 12.9. The Morgan fingerprint density at radius 1 is 0.651 bits per heavy atom. The molecule has 0 aromatic carbocycles. The van der Waals surface area contributed by atoms with E-state index in [1.807, 2.05) is 20.8 Å². The lowest BCUT2D eigenvalue weighted by atomic mass is 10.0. The zero-order chi connectivity index (χ0) is 33.3. The second-order valence-electron chi connectivity index (χ2n) is 13.4. The number of rotatable bonds is 21. The molecule has 0 heterocycles. The van der Waals surface area contributed by atoms with Gasteiger partial charge in [-0.3, -0.25) is 19.2 Å². The number of carbonyl (C=O) groups excluding carboxylic acids is 3. The number of carboxylic acids is 1. The Kier molecular flexibility index (Phi) is 18.1. The van der Waals surface area contributed by atoms with Crippen molar-refractivity contribution in [2.24, 2.45) is 0 Å². The van der Waals surface area contributed by atoms with Crippen molar-refractivity contribution >= 4 is 23.8 Å². The fraction of sp³-hybridized carbons (Fsp3) is 0.867. The Morgan fingerprint density at radius 2 is 1.09 bits per heavy atom. The SMILES string of the molecule is CC(C)(C)OC(=O)CCOCC(COCCC(=O)OC(C)(C)C)(COCCC(O)OC(C)(C)C)NC(=O)CCCC(=O)O. The minimum atomic E-state index is -1.27. The van der Waals surface area contributed by atoms with E-state index in [2.05, 4.69) is 5.32 Å². The first kappa shape index (κ1) is 40.7. The fourth-order valence-corrected chi connectivity index (χ4v) is 3.54. The van der Waals surface area contributed by atoms with Crippen LogP contribution in [-0.4, -0.2) is 102 Å². The normalized spacial score (nSPS) is 13.3. The van der Waals surface area contributed by atoms with Gasteiger partial charge in [-0.05, 0) is 68.7 Å². The third-order valence-electron chi connectivity index (χ3n) is 5.07. The topological polar surface area (TPSA) is 176 Å². The molecule has 13 nitrogen and oxygen atoms in total. The van der Waals surface area contributed by atoms with Crippen molar-refractivity contribution in [2.75, 3.05) is 39.6 Å². The van der Waals surface area contributed by atoms with Crippen molar-refractivity contribution in [2.45, 2.75) is 129 Å². The van der Waals surface area contributed by atoms with E-state index in [1.54, 1.807) is 41.5 Å². The second-order valence-corrected chi connectivity index (χ2v) is 13.4. The molecule has 0 fully saturated rings. The van der Waals surface area contributed by atoms with E-state index in [-0.39, 0.29) is 78.2 Å². The van der Waals surface area contributed by atoms with Crippen LogP contribution in [0.5, 0.6) is 0 Å². The zero-order valence-electron chi connectivity index (χ0n) is 27.5. The highest BCUT2D eigenvalue weighted by atomic mass is 16.6. The van der Waals surface area contributed by atoms with E-state index in [0.717, 1.165) is 0 Å². The van der Waals surface area contributed by atoms with Crippen molar-refractivity contribution in [3.63, 3.8) is 0 Å². The molecule has 0 rings (SSSR count).